The van der Waals surface area contributed by atoms with E-state index in [0.717, 1.165) is 36.0 Å². The van der Waals surface area contributed by atoms with Gasteiger partial charge >= 0.3 is 11.9 Å². The van der Waals surface area contributed by atoms with E-state index < -0.39 is 28.3 Å². The van der Waals surface area contributed by atoms with Gasteiger partial charge in [0.2, 0.25) is 0 Å². The highest BCUT2D eigenvalue weighted by molar-refractivity contribution is 5.96. The average molecular weight is 773 g/mol. The molecule has 0 aromatic rings. The van der Waals surface area contributed by atoms with Crippen LogP contribution in [0.5, 0.6) is 0 Å². The predicted octanol–water partition coefficient (Wildman–Crippen LogP) is 9.80. The molecule has 0 amide bonds. The zero-order valence-corrected chi connectivity index (χ0v) is 35.9. The van der Waals surface area contributed by atoms with E-state index in [9.17, 15) is 24.6 Å². The smallest absolute Gasteiger partial charge is 0.306 e. The SMILES string of the molecule is CCCCCC(=O)OC\C(C=C=C1C(C)(C)CC(OC(C)=O)CC1(C)O)=C/C=C/C(C)=C/C=C/C=C(C)/C=C/C=C(\C)C(=O)CC12OC1(C)CC(O)CC2(C)C. The van der Waals surface area contributed by atoms with Gasteiger partial charge in [0, 0.05) is 38.2 Å². The zero-order valence-electron chi connectivity index (χ0n) is 35.9. The number of aliphatic hydroxyl groups excluding tert-OH is 1. The number of epoxide rings is 1. The summed E-state index contributed by atoms with van der Waals surface area (Å²) in [5.41, 5.74) is 4.50. The summed E-state index contributed by atoms with van der Waals surface area (Å²) in [6.07, 6.45) is 25.8. The second-order valence-electron chi connectivity index (χ2n) is 17.8. The molecule has 1 aliphatic heterocycles. The van der Waals surface area contributed by atoms with Crippen molar-refractivity contribution in [3.8, 4) is 0 Å². The number of ketones is 1. The Kier molecular flexibility index (Phi) is 16.3. The van der Waals surface area contributed by atoms with Crippen LogP contribution in [0.3, 0.4) is 0 Å². The molecule has 0 bridgehead atoms. The van der Waals surface area contributed by atoms with E-state index in [2.05, 4.69) is 26.5 Å². The van der Waals surface area contributed by atoms with E-state index in [-0.39, 0.29) is 42.3 Å². The van der Waals surface area contributed by atoms with Gasteiger partial charge in [-0.3, -0.25) is 14.4 Å². The topological polar surface area (TPSA) is 123 Å². The van der Waals surface area contributed by atoms with Crippen molar-refractivity contribution in [2.75, 3.05) is 6.61 Å². The van der Waals surface area contributed by atoms with Crippen LogP contribution in [0.4, 0.5) is 0 Å². The van der Waals surface area contributed by atoms with Gasteiger partial charge in [-0.1, -0.05) is 119 Å². The van der Waals surface area contributed by atoms with Crippen molar-refractivity contribution >= 4 is 17.7 Å². The van der Waals surface area contributed by atoms with Gasteiger partial charge in [0.1, 0.15) is 18.3 Å². The molecule has 0 aromatic heterocycles. The quantitative estimate of drug-likeness (QED) is 0.0374. The Balaban J connectivity index is 1.67. The highest BCUT2D eigenvalue weighted by Crippen LogP contribution is 2.67. The molecule has 2 saturated carbocycles. The largest absolute Gasteiger partial charge is 0.462 e. The molecule has 56 heavy (non-hydrogen) atoms. The summed E-state index contributed by atoms with van der Waals surface area (Å²) < 4.78 is 17.3. The second-order valence-corrected chi connectivity index (χ2v) is 17.8. The molecule has 308 valence electrons. The molecule has 5 atom stereocenters. The molecule has 5 unspecified atom stereocenters. The van der Waals surface area contributed by atoms with Crippen molar-refractivity contribution in [3.05, 3.63) is 100 Å². The Bertz CT molecular complexity index is 1710. The number of Topliss-reactive ketones (excluding diaryl/α,β-unsaturated/α-hetero) is 1. The van der Waals surface area contributed by atoms with E-state index in [0.29, 0.717) is 43.3 Å². The maximum absolute atomic E-state index is 13.2. The minimum Gasteiger partial charge on any atom is -0.462 e. The lowest BCUT2D eigenvalue weighted by Gasteiger charge is -2.44. The van der Waals surface area contributed by atoms with Crippen LogP contribution in [0.15, 0.2) is 100 Å². The van der Waals surface area contributed by atoms with Gasteiger partial charge in [0.05, 0.1) is 17.3 Å². The van der Waals surface area contributed by atoms with Gasteiger partial charge in [-0.2, -0.15) is 0 Å². The van der Waals surface area contributed by atoms with Gasteiger partial charge in [0.15, 0.2) is 5.78 Å². The summed E-state index contributed by atoms with van der Waals surface area (Å²) in [6, 6.07) is 0. The molecule has 0 aromatic carbocycles. The molecule has 2 aliphatic carbocycles. The number of carbonyl (C=O) groups excluding carboxylic acids is 3. The normalized spacial score (nSPS) is 29.3. The molecule has 2 N–H and O–H groups in total. The summed E-state index contributed by atoms with van der Waals surface area (Å²) in [7, 11) is 0. The van der Waals surface area contributed by atoms with Crippen LogP contribution < -0.4 is 0 Å². The molecule has 1 heterocycles. The fourth-order valence-corrected chi connectivity index (χ4v) is 8.55. The van der Waals surface area contributed by atoms with Crippen LogP contribution in [0.25, 0.3) is 0 Å². The van der Waals surface area contributed by atoms with Crippen LogP contribution in [0.2, 0.25) is 0 Å². The molecule has 3 fully saturated rings. The van der Waals surface area contributed by atoms with E-state index in [1.807, 2.05) is 102 Å². The molecule has 8 heteroatoms. The van der Waals surface area contributed by atoms with Gasteiger partial charge in [0.25, 0.3) is 0 Å². The summed E-state index contributed by atoms with van der Waals surface area (Å²) in [6.45, 7) is 21.3. The minimum atomic E-state index is -1.23. The Morgan fingerprint density at radius 3 is 2.04 bits per heavy atom. The third-order valence-corrected chi connectivity index (χ3v) is 11.4. The zero-order chi connectivity index (χ0) is 42.0. The van der Waals surface area contributed by atoms with Crippen molar-refractivity contribution in [1.29, 1.82) is 0 Å². The standard InChI is InChI=1S/C48H68O8/c1-12-13-14-25-43(52)54-33-38(26-27-42-44(6,7)30-40(55-37(5)49)31-46(42,10)53)24-18-22-35(3)20-16-15-19-34(2)21-17-23-36(4)41(51)32-48-45(8,9)28-39(50)29-47(48,11)56-48/h15-24,26,39-40,50,53H,12-14,25,28-33H2,1-11H3/b16-15+,21-17+,22-18+,34-19+,35-20+,36-23+,38-24-. The number of ether oxygens (including phenoxy) is 3. The monoisotopic (exact) mass is 772 g/mol. The predicted molar refractivity (Wildman–Crippen MR) is 224 cm³/mol. The lowest BCUT2D eigenvalue weighted by molar-refractivity contribution is -0.152. The van der Waals surface area contributed by atoms with Crippen LogP contribution in [0, 0.1) is 10.8 Å². The van der Waals surface area contributed by atoms with Crippen molar-refractivity contribution < 1.29 is 38.8 Å². The van der Waals surface area contributed by atoms with E-state index >= 15 is 0 Å². The molecule has 0 radical (unpaired) electrons. The third-order valence-electron chi connectivity index (χ3n) is 11.4. The molecular formula is C48H68O8. The van der Waals surface area contributed by atoms with E-state index in [1.54, 1.807) is 13.0 Å². The fraction of sp³-hybridized carbons (Fsp3) is 0.583. The van der Waals surface area contributed by atoms with E-state index in [1.165, 1.54) is 6.92 Å². The first-order valence-electron chi connectivity index (χ1n) is 20.2. The van der Waals surface area contributed by atoms with Gasteiger partial charge in [-0.05, 0) is 81.9 Å². The average Bonchev–Trinajstić information content (AvgIpc) is 3.68. The Labute approximate surface area is 336 Å². The number of hydrogen-bond donors (Lipinski definition) is 2. The maximum atomic E-state index is 13.2. The lowest BCUT2D eigenvalue weighted by Crippen LogP contribution is -2.48. The lowest BCUT2D eigenvalue weighted by atomic mass is 9.61. The number of rotatable bonds is 17. The number of fused-ring (bicyclic) bond motifs is 1. The summed E-state index contributed by atoms with van der Waals surface area (Å²) >= 11 is 0. The number of esters is 2. The Morgan fingerprint density at radius 2 is 1.46 bits per heavy atom. The Hall–Kier alpha value is -3.81. The maximum Gasteiger partial charge on any atom is 0.306 e. The number of aliphatic hydroxyl groups is 2. The molecule has 3 rings (SSSR count). The van der Waals surface area contributed by atoms with Gasteiger partial charge in [-0.25, -0.2) is 0 Å². The van der Waals surface area contributed by atoms with Crippen LogP contribution >= 0.6 is 0 Å². The number of allylic oxidation sites excluding steroid dienone is 13. The number of carbonyl (C=O) groups is 3. The third kappa shape index (κ3) is 12.9. The molecule has 1 saturated heterocycles. The van der Waals surface area contributed by atoms with E-state index in [4.69, 9.17) is 14.2 Å². The van der Waals surface area contributed by atoms with Crippen LogP contribution in [0.1, 0.15) is 134 Å². The highest BCUT2D eigenvalue weighted by Gasteiger charge is 2.76. The molecule has 8 nitrogen and oxygen atoms in total. The first kappa shape index (κ1) is 46.6. The minimum absolute atomic E-state index is 0.0634. The van der Waals surface area contributed by atoms with Crippen molar-refractivity contribution in [1.82, 2.24) is 0 Å². The van der Waals surface area contributed by atoms with Gasteiger partial charge in [-0.15, -0.1) is 5.73 Å². The fourth-order valence-electron chi connectivity index (χ4n) is 8.55. The summed E-state index contributed by atoms with van der Waals surface area (Å²) in [5, 5.41) is 21.7. The van der Waals surface area contributed by atoms with Crippen LogP contribution in [-0.4, -0.2) is 63.6 Å². The number of hydrogen-bond acceptors (Lipinski definition) is 8. The summed E-state index contributed by atoms with van der Waals surface area (Å²) in [5.74, 6) is -0.548. The van der Waals surface area contributed by atoms with Gasteiger partial charge < -0.3 is 24.4 Å². The number of unbranched alkanes of at least 4 members (excludes halogenated alkanes) is 2. The van der Waals surface area contributed by atoms with Crippen molar-refractivity contribution in [3.63, 3.8) is 0 Å². The molecule has 3 aliphatic rings. The second kappa shape index (κ2) is 19.6. The van der Waals surface area contributed by atoms with Crippen molar-refractivity contribution in [2.24, 2.45) is 10.8 Å². The summed E-state index contributed by atoms with van der Waals surface area (Å²) in [4.78, 5) is 37.2. The van der Waals surface area contributed by atoms with Crippen LogP contribution in [-0.2, 0) is 28.6 Å². The first-order chi connectivity index (χ1) is 26.1. The highest BCUT2D eigenvalue weighted by atomic mass is 16.6. The van der Waals surface area contributed by atoms with Crippen molar-refractivity contribution in [2.45, 2.75) is 163 Å². The molecule has 0 spiro atoms. The Morgan fingerprint density at radius 1 is 0.839 bits per heavy atom. The first-order valence-corrected chi connectivity index (χ1v) is 20.2. The molecular weight excluding hydrogens is 705 g/mol.